The van der Waals surface area contributed by atoms with Crippen molar-refractivity contribution >= 4 is 22.7 Å². The molecule has 27 heavy (non-hydrogen) atoms. The van der Waals surface area contributed by atoms with Crippen molar-refractivity contribution in [3.8, 4) is 23.0 Å². The molecule has 2 aromatic carbocycles. The molecule has 8 heteroatoms. The lowest BCUT2D eigenvalue weighted by Crippen LogP contribution is -2.14. The molecule has 0 aliphatic heterocycles. The highest BCUT2D eigenvalue weighted by Gasteiger charge is 2.11. The van der Waals surface area contributed by atoms with Gasteiger partial charge in [0.15, 0.2) is 11.5 Å². The van der Waals surface area contributed by atoms with Crippen LogP contribution in [-0.2, 0) is 0 Å². The molecule has 0 aliphatic rings. The molecule has 0 atom stereocenters. The van der Waals surface area contributed by atoms with E-state index in [2.05, 4.69) is 15.3 Å². The van der Waals surface area contributed by atoms with E-state index in [4.69, 9.17) is 24.7 Å². The fourth-order valence-corrected chi connectivity index (χ4v) is 2.56. The fraction of sp³-hybridized carbons (Fsp3) is 0.263. The smallest absolute Gasteiger partial charge is 0.225 e. The summed E-state index contributed by atoms with van der Waals surface area (Å²) in [5.74, 6) is 3.48. The third-order valence-corrected chi connectivity index (χ3v) is 3.94. The van der Waals surface area contributed by atoms with Gasteiger partial charge in [-0.25, -0.2) is 4.98 Å². The Hall–Kier alpha value is -3.42. The number of aromatic nitrogens is 2. The summed E-state index contributed by atoms with van der Waals surface area (Å²) >= 11 is 0. The van der Waals surface area contributed by atoms with Crippen LogP contribution < -0.4 is 30.0 Å². The summed E-state index contributed by atoms with van der Waals surface area (Å²) in [6, 6.07) is 10.9. The number of hydrogen-bond acceptors (Lipinski definition) is 8. The van der Waals surface area contributed by atoms with E-state index in [1.807, 2.05) is 24.3 Å². The first-order chi connectivity index (χ1) is 13.1. The van der Waals surface area contributed by atoms with Gasteiger partial charge >= 0.3 is 0 Å². The molecule has 0 saturated heterocycles. The molecule has 0 unspecified atom stereocenters. The average Bonchev–Trinajstić information content (AvgIpc) is 2.70. The van der Waals surface area contributed by atoms with Crippen LogP contribution in [0.5, 0.6) is 23.0 Å². The third-order valence-electron chi connectivity index (χ3n) is 3.94. The summed E-state index contributed by atoms with van der Waals surface area (Å²) in [4.78, 5) is 8.76. The molecule has 1 aromatic heterocycles. The second-order valence-corrected chi connectivity index (χ2v) is 5.61. The highest BCUT2D eigenvalue weighted by Crippen LogP contribution is 2.33. The first-order valence-electron chi connectivity index (χ1n) is 8.34. The summed E-state index contributed by atoms with van der Waals surface area (Å²) in [5.41, 5.74) is 6.73. The fourth-order valence-electron chi connectivity index (χ4n) is 2.56. The molecule has 0 fully saturated rings. The van der Waals surface area contributed by atoms with Gasteiger partial charge in [0.05, 0.1) is 33.4 Å². The van der Waals surface area contributed by atoms with E-state index in [9.17, 15) is 0 Å². The van der Waals surface area contributed by atoms with E-state index in [1.165, 1.54) is 0 Å². The van der Waals surface area contributed by atoms with Gasteiger partial charge < -0.3 is 30.0 Å². The Morgan fingerprint density at radius 3 is 2.22 bits per heavy atom. The number of methoxy groups -OCH3 is 3. The molecule has 1 heterocycles. The van der Waals surface area contributed by atoms with E-state index < -0.39 is 0 Å². The van der Waals surface area contributed by atoms with E-state index in [-0.39, 0.29) is 0 Å². The molecule has 0 amide bonds. The van der Waals surface area contributed by atoms with Crippen LogP contribution in [0, 0.1) is 0 Å². The first-order valence-corrected chi connectivity index (χ1v) is 8.34. The zero-order valence-electron chi connectivity index (χ0n) is 15.5. The first kappa shape index (κ1) is 18.4. The number of hydrogen-bond donors (Lipinski definition) is 2. The highest BCUT2D eigenvalue weighted by atomic mass is 16.5. The van der Waals surface area contributed by atoms with Crippen LogP contribution >= 0.6 is 0 Å². The third kappa shape index (κ3) is 4.22. The topological polar surface area (TPSA) is 101 Å². The zero-order valence-corrected chi connectivity index (χ0v) is 15.5. The van der Waals surface area contributed by atoms with E-state index in [0.29, 0.717) is 47.3 Å². The SMILES string of the molecule is COc1ccc(OCCNc2nc(N)c3cc(OC)c(OC)cc3n2)cc1. The van der Waals surface area contributed by atoms with Gasteiger partial charge in [-0.1, -0.05) is 0 Å². The number of rotatable bonds is 8. The Morgan fingerprint density at radius 2 is 1.56 bits per heavy atom. The Kier molecular flexibility index (Phi) is 5.65. The van der Waals surface area contributed by atoms with Crippen LogP contribution in [0.3, 0.4) is 0 Å². The maximum Gasteiger partial charge on any atom is 0.225 e. The van der Waals surface area contributed by atoms with Crippen molar-refractivity contribution < 1.29 is 18.9 Å². The van der Waals surface area contributed by atoms with Gasteiger partial charge in [-0.2, -0.15) is 4.98 Å². The predicted molar refractivity (Wildman–Crippen MR) is 104 cm³/mol. The van der Waals surface area contributed by atoms with E-state index in [0.717, 1.165) is 11.5 Å². The van der Waals surface area contributed by atoms with Gasteiger partial charge in [0, 0.05) is 11.5 Å². The van der Waals surface area contributed by atoms with Crippen LogP contribution in [0.2, 0.25) is 0 Å². The van der Waals surface area contributed by atoms with Gasteiger partial charge in [-0.05, 0) is 30.3 Å². The van der Waals surface area contributed by atoms with Crippen LogP contribution in [-0.4, -0.2) is 44.4 Å². The maximum absolute atomic E-state index is 6.06. The number of ether oxygens (including phenoxy) is 4. The van der Waals surface area contributed by atoms with Crippen molar-refractivity contribution in [1.29, 1.82) is 0 Å². The van der Waals surface area contributed by atoms with Crippen LogP contribution in [0.1, 0.15) is 0 Å². The standard InChI is InChI=1S/C19H22N4O4/c1-24-12-4-6-13(7-5-12)27-9-8-21-19-22-15-11-17(26-3)16(25-2)10-14(15)18(20)23-19/h4-7,10-11H,8-9H2,1-3H3,(H3,20,21,22,23). The normalized spacial score (nSPS) is 10.5. The lowest BCUT2D eigenvalue weighted by Gasteiger charge is -2.12. The summed E-state index contributed by atoms with van der Waals surface area (Å²) < 4.78 is 21.4. The second kappa shape index (κ2) is 8.31. The van der Waals surface area contributed by atoms with E-state index >= 15 is 0 Å². The molecule has 142 valence electrons. The Balaban J connectivity index is 1.65. The molecule has 0 spiro atoms. The molecule has 3 aromatic rings. The van der Waals surface area contributed by atoms with Gasteiger partial charge in [-0.15, -0.1) is 0 Å². The van der Waals surface area contributed by atoms with Crippen molar-refractivity contribution in [1.82, 2.24) is 9.97 Å². The van der Waals surface area contributed by atoms with Crippen molar-refractivity contribution in [3.05, 3.63) is 36.4 Å². The number of anilines is 2. The molecular formula is C19H22N4O4. The molecule has 3 rings (SSSR count). The van der Waals surface area contributed by atoms with Crippen molar-refractivity contribution in [3.63, 3.8) is 0 Å². The maximum atomic E-state index is 6.06. The number of nitrogens with two attached hydrogens (primary N) is 1. The second-order valence-electron chi connectivity index (χ2n) is 5.61. The average molecular weight is 370 g/mol. The number of nitrogen functional groups attached to an aromatic ring is 1. The Bertz CT molecular complexity index is 916. The molecule has 0 saturated carbocycles. The summed E-state index contributed by atoms with van der Waals surface area (Å²) in [6.07, 6.45) is 0. The molecule has 0 radical (unpaired) electrons. The molecule has 0 bridgehead atoms. The molecular weight excluding hydrogens is 348 g/mol. The Morgan fingerprint density at radius 1 is 0.889 bits per heavy atom. The predicted octanol–water partition coefficient (Wildman–Crippen LogP) is 2.73. The van der Waals surface area contributed by atoms with Crippen LogP contribution in [0.15, 0.2) is 36.4 Å². The van der Waals surface area contributed by atoms with Gasteiger partial charge in [-0.3, -0.25) is 0 Å². The number of nitrogens with one attached hydrogen (secondary N) is 1. The van der Waals surface area contributed by atoms with Gasteiger partial charge in [0.1, 0.15) is 23.9 Å². The zero-order chi connectivity index (χ0) is 19.2. The van der Waals surface area contributed by atoms with Gasteiger partial charge in [0.2, 0.25) is 5.95 Å². The van der Waals surface area contributed by atoms with Crippen molar-refractivity contribution in [2.45, 2.75) is 0 Å². The molecule has 3 N–H and O–H groups in total. The molecule has 0 aliphatic carbocycles. The minimum Gasteiger partial charge on any atom is -0.497 e. The summed E-state index contributed by atoms with van der Waals surface area (Å²) in [7, 11) is 4.77. The molecule has 8 nitrogen and oxygen atoms in total. The number of nitrogens with zero attached hydrogens (tertiary/aromatic N) is 2. The largest absolute Gasteiger partial charge is 0.497 e. The summed E-state index contributed by atoms with van der Waals surface area (Å²) in [5, 5.41) is 3.81. The van der Waals surface area contributed by atoms with Crippen LogP contribution in [0.4, 0.5) is 11.8 Å². The van der Waals surface area contributed by atoms with E-state index in [1.54, 1.807) is 33.5 Å². The van der Waals surface area contributed by atoms with Crippen LogP contribution in [0.25, 0.3) is 10.9 Å². The number of fused-ring (bicyclic) bond motifs is 1. The highest BCUT2D eigenvalue weighted by molar-refractivity contribution is 5.91. The quantitative estimate of drug-likeness (QED) is 0.584. The summed E-state index contributed by atoms with van der Waals surface area (Å²) in [6.45, 7) is 0.962. The van der Waals surface area contributed by atoms with Gasteiger partial charge in [0.25, 0.3) is 0 Å². The van der Waals surface area contributed by atoms with Crippen molar-refractivity contribution in [2.24, 2.45) is 0 Å². The monoisotopic (exact) mass is 370 g/mol. The lowest BCUT2D eigenvalue weighted by atomic mass is 10.2. The Labute approximate surface area is 157 Å². The minimum atomic E-state index is 0.361. The van der Waals surface area contributed by atoms with Crippen molar-refractivity contribution in [2.75, 3.05) is 45.5 Å². The number of benzene rings is 2. The minimum absolute atomic E-state index is 0.361. The lowest BCUT2D eigenvalue weighted by molar-refractivity contribution is 0.331.